The molecule has 1 aliphatic heterocycles. The van der Waals surface area contributed by atoms with Crippen LogP contribution in [0.25, 0.3) is 0 Å². The number of sulfonamides is 1. The van der Waals surface area contributed by atoms with Gasteiger partial charge in [0, 0.05) is 51.8 Å². The number of hydrogen-bond acceptors (Lipinski definition) is 4. The SMILES string of the molecule is O=C(NCCSCc1c(F)cccc1Cl)[C@@H]1CCCN(S(=O)(=O)Cc2ccc(Cl)cc2Cl)C1. The lowest BCUT2D eigenvalue weighted by atomic mass is 9.99. The number of thioether (sulfide) groups is 1. The quantitative estimate of drug-likeness (QED) is 0.424. The maximum Gasteiger partial charge on any atom is 0.224 e. The molecular formula is C22H24Cl3FN2O3S2. The first-order valence-electron chi connectivity index (χ1n) is 10.4. The van der Waals surface area contributed by atoms with E-state index in [2.05, 4.69) is 5.32 Å². The molecule has 0 aliphatic carbocycles. The van der Waals surface area contributed by atoms with Crippen molar-refractivity contribution in [3.8, 4) is 0 Å². The van der Waals surface area contributed by atoms with Crippen molar-refractivity contribution in [1.82, 2.24) is 9.62 Å². The second-order valence-electron chi connectivity index (χ2n) is 7.73. The Hall–Kier alpha value is -1.03. The lowest BCUT2D eigenvalue weighted by Gasteiger charge is -2.31. The molecule has 5 nitrogen and oxygen atoms in total. The van der Waals surface area contributed by atoms with E-state index in [1.807, 2.05) is 0 Å². The maximum absolute atomic E-state index is 13.8. The van der Waals surface area contributed by atoms with Crippen molar-refractivity contribution < 1.29 is 17.6 Å². The van der Waals surface area contributed by atoms with Gasteiger partial charge in [-0.25, -0.2) is 17.1 Å². The standard InChI is InChI=1S/C22H24Cl3FN2O3S2/c23-17-7-6-16(20(25)11-17)14-33(30,31)28-9-2-3-15(12-28)22(29)27-8-10-32-13-18-19(24)4-1-5-21(18)26/h1,4-7,11,15H,2-3,8-10,12-14H2,(H,27,29)/t15-/m1/s1. The van der Waals surface area contributed by atoms with Crippen molar-refractivity contribution in [2.24, 2.45) is 5.92 Å². The molecule has 1 heterocycles. The number of rotatable bonds is 9. The van der Waals surface area contributed by atoms with Crippen LogP contribution in [0.1, 0.15) is 24.0 Å². The summed E-state index contributed by atoms with van der Waals surface area (Å²) in [5.74, 6) is -0.191. The zero-order chi connectivity index (χ0) is 24.0. The minimum Gasteiger partial charge on any atom is -0.355 e. The van der Waals surface area contributed by atoms with Gasteiger partial charge in [-0.2, -0.15) is 11.8 Å². The Morgan fingerprint density at radius 1 is 1.18 bits per heavy atom. The number of carbonyl (C=O) groups excluding carboxylic acids is 1. The van der Waals surface area contributed by atoms with E-state index in [9.17, 15) is 17.6 Å². The number of amides is 1. The molecule has 0 bridgehead atoms. The van der Waals surface area contributed by atoms with Gasteiger partial charge in [0.05, 0.1) is 11.7 Å². The Labute approximate surface area is 213 Å². The molecule has 1 amide bonds. The van der Waals surface area contributed by atoms with Gasteiger partial charge in [0.25, 0.3) is 0 Å². The monoisotopic (exact) mass is 552 g/mol. The summed E-state index contributed by atoms with van der Waals surface area (Å²) in [5, 5.41) is 3.98. The van der Waals surface area contributed by atoms with Crippen LogP contribution in [0, 0.1) is 11.7 Å². The van der Waals surface area contributed by atoms with Crippen LogP contribution in [0.2, 0.25) is 15.1 Å². The average Bonchev–Trinajstić information content (AvgIpc) is 2.77. The topological polar surface area (TPSA) is 66.5 Å². The third-order valence-electron chi connectivity index (χ3n) is 5.36. The van der Waals surface area contributed by atoms with Crippen LogP contribution in [-0.2, 0) is 26.3 Å². The number of benzene rings is 2. The Morgan fingerprint density at radius 3 is 2.70 bits per heavy atom. The Balaban J connectivity index is 1.47. The van der Waals surface area contributed by atoms with Crippen molar-refractivity contribution in [3.63, 3.8) is 0 Å². The summed E-state index contributed by atoms with van der Waals surface area (Å²) in [6.07, 6.45) is 1.23. The van der Waals surface area contributed by atoms with Gasteiger partial charge in [0.15, 0.2) is 0 Å². The van der Waals surface area contributed by atoms with E-state index < -0.39 is 15.9 Å². The Morgan fingerprint density at radius 2 is 1.97 bits per heavy atom. The molecule has 0 radical (unpaired) electrons. The molecule has 2 aromatic carbocycles. The zero-order valence-corrected chi connectivity index (χ0v) is 21.6. The first-order chi connectivity index (χ1) is 15.7. The molecule has 1 fully saturated rings. The highest BCUT2D eigenvalue weighted by atomic mass is 35.5. The summed E-state index contributed by atoms with van der Waals surface area (Å²) in [4.78, 5) is 12.6. The van der Waals surface area contributed by atoms with E-state index in [1.54, 1.807) is 24.3 Å². The molecule has 3 rings (SSSR count). The largest absolute Gasteiger partial charge is 0.355 e. The minimum absolute atomic E-state index is 0.136. The highest BCUT2D eigenvalue weighted by Gasteiger charge is 2.32. The molecule has 33 heavy (non-hydrogen) atoms. The molecular weight excluding hydrogens is 530 g/mol. The molecule has 0 unspecified atom stereocenters. The van der Waals surface area contributed by atoms with Crippen LogP contribution < -0.4 is 5.32 Å². The summed E-state index contributed by atoms with van der Waals surface area (Å²) >= 11 is 19.5. The van der Waals surface area contributed by atoms with Gasteiger partial charge in [0.2, 0.25) is 15.9 Å². The van der Waals surface area contributed by atoms with E-state index in [0.717, 1.165) is 0 Å². The lowest BCUT2D eigenvalue weighted by molar-refractivity contribution is -0.125. The summed E-state index contributed by atoms with van der Waals surface area (Å²) < 4.78 is 41.0. The smallest absolute Gasteiger partial charge is 0.224 e. The predicted octanol–water partition coefficient (Wildman–Crippen LogP) is 5.38. The summed E-state index contributed by atoms with van der Waals surface area (Å²) in [5.41, 5.74) is 0.920. The van der Waals surface area contributed by atoms with E-state index in [-0.39, 0.29) is 24.0 Å². The number of halogens is 4. The molecule has 1 atom stereocenters. The van der Waals surface area contributed by atoms with E-state index in [1.165, 1.54) is 28.2 Å². The molecule has 11 heteroatoms. The van der Waals surface area contributed by atoms with Crippen molar-refractivity contribution in [3.05, 3.63) is 68.4 Å². The fourth-order valence-electron chi connectivity index (χ4n) is 3.57. The van der Waals surface area contributed by atoms with Crippen LogP contribution in [0.4, 0.5) is 4.39 Å². The van der Waals surface area contributed by atoms with Crippen LogP contribution >= 0.6 is 46.6 Å². The Kier molecular flexibility index (Phi) is 9.73. The van der Waals surface area contributed by atoms with E-state index >= 15 is 0 Å². The van der Waals surface area contributed by atoms with Gasteiger partial charge in [-0.15, -0.1) is 0 Å². The number of carbonyl (C=O) groups is 1. The van der Waals surface area contributed by atoms with E-state index in [0.29, 0.717) is 63.6 Å². The second-order valence-corrected chi connectivity index (χ2v) is 12.1. The summed E-state index contributed by atoms with van der Waals surface area (Å²) in [7, 11) is -3.63. The van der Waals surface area contributed by atoms with Gasteiger partial charge in [-0.05, 0) is 42.7 Å². The first kappa shape index (κ1) is 26.6. The average molecular weight is 554 g/mol. The van der Waals surface area contributed by atoms with Gasteiger partial charge in [0.1, 0.15) is 5.82 Å². The second kappa shape index (κ2) is 12.1. The number of piperidine rings is 1. The van der Waals surface area contributed by atoms with Crippen LogP contribution in [0.15, 0.2) is 36.4 Å². The fourth-order valence-corrected chi connectivity index (χ4v) is 6.96. The van der Waals surface area contributed by atoms with E-state index in [4.69, 9.17) is 34.8 Å². The van der Waals surface area contributed by atoms with Crippen LogP contribution in [0.3, 0.4) is 0 Å². The molecule has 1 N–H and O–H groups in total. The predicted molar refractivity (Wildman–Crippen MR) is 134 cm³/mol. The number of hydrogen-bond donors (Lipinski definition) is 1. The third kappa shape index (κ3) is 7.47. The van der Waals surface area contributed by atoms with Crippen LogP contribution in [0.5, 0.6) is 0 Å². The molecule has 1 aliphatic rings. The molecule has 2 aromatic rings. The van der Waals surface area contributed by atoms with Crippen molar-refractivity contribution in [2.75, 3.05) is 25.4 Å². The third-order valence-corrected chi connectivity index (χ3v) is 9.08. The van der Waals surface area contributed by atoms with Gasteiger partial charge in [-0.1, -0.05) is 46.9 Å². The molecule has 1 saturated heterocycles. The molecule has 0 aromatic heterocycles. The van der Waals surface area contributed by atoms with Crippen LogP contribution in [-0.4, -0.2) is 44.0 Å². The van der Waals surface area contributed by atoms with Crippen molar-refractivity contribution in [1.29, 1.82) is 0 Å². The molecule has 180 valence electrons. The molecule has 0 saturated carbocycles. The van der Waals surface area contributed by atoms with Crippen molar-refractivity contribution in [2.45, 2.75) is 24.3 Å². The number of nitrogens with zero attached hydrogens (tertiary/aromatic N) is 1. The van der Waals surface area contributed by atoms with Gasteiger partial charge >= 0.3 is 0 Å². The van der Waals surface area contributed by atoms with Gasteiger partial charge < -0.3 is 5.32 Å². The van der Waals surface area contributed by atoms with Crippen molar-refractivity contribution >= 4 is 62.5 Å². The maximum atomic E-state index is 13.8. The zero-order valence-electron chi connectivity index (χ0n) is 17.7. The van der Waals surface area contributed by atoms with Gasteiger partial charge in [-0.3, -0.25) is 4.79 Å². The summed E-state index contributed by atoms with van der Waals surface area (Å²) in [6.45, 7) is 0.910. The highest BCUT2D eigenvalue weighted by molar-refractivity contribution is 7.98. The lowest BCUT2D eigenvalue weighted by Crippen LogP contribution is -2.46. The summed E-state index contributed by atoms with van der Waals surface area (Å²) in [6, 6.07) is 9.28. The normalized spacial score (nSPS) is 17.2. The minimum atomic E-state index is -3.63. The Bertz CT molecular complexity index is 1080. The highest BCUT2D eigenvalue weighted by Crippen LogP contribution is 2.27. The number of nitrogens with one attached hydrogen (secondary N) is 1. The molecule has 0 spiro atoms. The first-order valence-corrected chi connectivity index (χ1v) is 14.3. The fraction of sp³-hybridized carbons (Fsp3) is 0.409.